The van der Waals surface area contributed by atoms with Crippen LogP contribution >= 0.6 is 0 Å². The molecule has 1 heterocycles. The Kier molecular flexibility index (Phi) is 26.0. The van der Waals surface area contributed by atoms with Crippen LogP contribution in [0.1, 0.15) is 110 Å². The second kappa shape index (κ2) is 29.6. The van der Waals surface area contributed by atoms with Crippen LogP contribution in [0.4, 0.5) is 4.39 Å². The van der Waals surface area contributed by atoms with Crippen molar-refractivity contribution in [3.8, 4) is 18.4 Å². The van der Waals surface area contributed by atoms with Crippen molar-refractivity contribution in [1.29, 1.82) is 5.26 Å². The van der Waals surface area contributed by atoms with Crippen LogP contribution in [0.3, 0.4) is 0 Å². The van der Waals surface area contributed by atoms with Gasteiger partial charge in [-0.1, -0.05) is 89.2 Å². The molecule has 7 nitrogen and oxygen atoms in total. The third kappa shape index (κ3) is 18.9. The molecule has 1 aliphatic rings. The van der Waals surface area contributed by atoms with Gasteiger partial charge in [-0.25, -0.2) is 4.39 Å². The second-order valence-corrected chi connectivity index (χ2v) is 12.6. The number of aliphatic imine (C=N–C) groups is 1. The average molecular weight is 751 g/mol. The number of nitriles is 1. The van der Waals surface area contributed by atoms with Gasteiger partial charge in [-0.05, 0) is 99.5 Å². The molecule has 0 aliphatic carbocycles. The van der Waals surface area contributed by atoms with E-state index in [1.54, 1.807) is 12.1 Å². The van der Waals surface area contributed by atoms with E-state index in [1.807, 2.05) is 65.8 Å². The molecule has 1 fully saturated rings. The molecule has 1 saturated heterocycles. The lowest BCUT2D eigenvalue weighted by Crippen LogP contribution is -2.37. The van der Waals surface area contributed by atoms with E-state index in [1.165, 1.54) is 12.1 Å². The van der Waals surface area contributed by atoms with Crippen LogP contribution in [0.2, 0.25) is 0 Å². The fourth-order valence-electron chi connectivity index (χ4n) is 5.60. The van der Waals surface area contributed by atoms with Crippen LogP contribution in [-0.2, 0) is 11.3 Å². The van der Waals surface area contributed by atoms with Gasteiger partial charge in [0.2, 0.25) is 0 Å². The molecular weight excluding hydrogens is 684 g/mol. The van der Waals surface area contributed by atoms with E-state index in [9.17, 15) is 9.65 Å². The largest absolute Gasteiger partial charge is 0.384 e. The molecule has 0 bridgehead atoms. The lowest BCUT2D eigenvalue weighted by Gasteiger charge is -2.26. The number of allylic oxidation sites excluding steroid dienone is 7. The summed E-state index contributed by atoms with van der Waals surface area (Å²) in [5.41, 5.74) is 14.6. The Bertz CT molecular complexity index is 1650. The number of halogens is 1. The minimum absolute atomic E-state index is 0.0360. The maximum absolute atomic E-state index is 13.5. The standard InChI is InChI=1S/C41H55FN6O.C4H6.C2H6/c1-6-11-41(46-31(5)35-17-19-37(42)20-18-35)34(7-2)26-33(28-43)27-38(8-3)45-30-32-13-15-36(16-14-32)40(9-4)47-39(29-44)12-10-21-48-22-24-49-25-23-48;1-3-4-2;1-2/h7,9,11,13-20,26-27,31,45-46H,6,8,10,12,21-25,29-30,44H2,1-5H3;1H,4H2,2H3;1-2H3/b33-26+,34-7+,38-27-,40-9-,41-11?,47-39?;;. The molecule has 0 aromatic heterocycles. The highest BCUT2D eigenvalue weighted by Gasteiger charge is 2.12. The molecule has 298 valence electrons. The molecular formula is C47H67FN6O. The molecule has 3 rings (SSSR count). The molecule has 8 heteroatoms. The summed E-state index contributed by atoms with van der Waals surface area (Å²) in [6.45, 7) is 21.9. The van der Waals surface area contributed by atoms with Crippen LogP contribution < -0.4 is 16.4 Å². The van der Waals surface area contributed by atoms with Crippen LogP contribution in [-0.4, -0.2) is 50.0 Å². The first-order valence-corrected chi connectivity index (χ1v) is 20.0. The first-order chi connectivity index (χ1) is 26.7. The molecule has 1 atom stereocenters. The average Bonchev–Trinajstić information content (AvgIpc) is 3.23. The quantitative estimate of drug-likeness (QED) is 0.0607. The zero-order chi connectivity index (χ0) is 40.8. The van der Waals surface area contributed by atoms with Gasteiger partial charge in [0.1, 0.15) is 5.82 Å². The van der Waals surface area contributed by atoms with Gasteiger partial charge in [0.05, 0.1) is 30.6 Å². The number of hydrogen-bond acceptors (Lipinski definition) is 7. The molecule has 1 unspecified atom stereocenters. The van der Waals surface area contributed by atoms with Crippen molar-refractivity contribution < 1.29 is 9.13 Å². The zero-order valence-electron chi connectivity index (χ0n) is 34.9. The molecule has 0 saturated carbocycles. The topological polar surface area (TPSA) is 98.7 Å². The van der Waals surface area contributed by atoms with Crippen molar-refractivity contribution in [2.75, 3.05) is 39.4 Å². The lowest BCUT2D eigenvalue weighted by atomic mass is 10.0. The van der Waals surface area contributed by atoms with Gasteiger partial charge in [0.15, 0.2) is 0 Å². The Morgan fingerprint density at radius 1 is 1.04 bits per heavy atom. The highest BCUT2D eigenvalue weighted by Crippen LogP contribution is 2.21. The predicted octanol–water partition coefficient (Wildman–Crippen LogP) is 10.2. The van der Waals surface area contributed by atoms with E-state index in [-0.39, 0.29) is 11.9 Å². The SMILES string of the molecule is C#CCC.C/C=C(\N=C(CN)CCCN1CCOCC1)c1ccc(CN\C(=C/C(C#N)=C\C(=C/C)C(=CCC)NC(C)c2ccc(F)cc2)CC)cc1.CC. The number of ether oxygens (including phenoxy) is 1. The Hall–Kier alpha value is -4.73. The van der Waals surface area contributed by atoms with Crippen LogP contribution in [0.25, 0.3) is 5.70 Å². The minimum atomic E-state index is -0.254. The third-order valence-electron chi connectivity index (χ3n) is 8.73. The van der Waals surface area contributed by atoms with Gasteiger partial charge in [-0.2, -0.15) is 5.26 Å². The minimum Gasteiger partial charge on any atom is -0.384 e. The van der Waals surface area contributed by atoms with Crippen LogP contribution in [0.15, 0.2) is 106 Å². The van der Waals surface area contributed by atoms with Crippen LogP contribution in [0, 0.1) is 29.5 Å². The summed E-state index contributed by atoms with van der Waals surface area (Å²) in [6, 6.07) is 17.3. The summed E-state index contributed by atoms with van der Waals surface area (Å²) in [7, 11) is 0. The maximum atomic E-state index is 13.5. The normalized spacial score (nSPS) is 15.1. The van der Waals surface area contributed by atoms with Crippen molar-refractivity contribution >= 4 is 11.4 Å². The Labute approximate surface area is 333 Å². The number of nitrogens with two attached hydrogens (primary N) is 1. The zero-order valence-corrected chi connectivity index (χ0v) is 34.9. The van der Waals surface area contributed by atoms with Crippen molar-refractivity contribution in [2.24, 2.45) is 10.7 Å². The number of terminal acetylenes is 1. The second-order valence-electron chi connectivity index (χ2n) is 12.6. The predicted molar refractivity (Wildman–Crippen MR) is 233 cm³/mol. The van der Waals surface area contributed by atoms with Gasteiger partial charge in [0.25, 0.3) is 0 Å². The summed E-state index contributed by atoms with van der Waals surface area (Å²) in [5, 5.41) is 17.2. The summed E-state index contributed by atoms with van der Waals surface area (Å²) in [4.78, 5) is 7.38. The van der Waals surface area contributed by atoms with Gasteiger partial charge in [-0.3, -0.25) is 9.89 Å². The van der Waals surface area contributed by atoms with E-state index in [0.717, 1.165) is 110 Å². The van der Waals surface area contributed by atoms with Crippen LogP contribution in [0.5, 0.6) is 0 Å². The Morgan fingerprint density at radius 3 is 2.22 bits per heavy atom. The highest BCUT2D eigenvalue weighted by molar-refractivity contribution is 5.91. The molecule has 4 N–H and O–H groups in total. The summed E-state index contributed by atoms with van der Waals surface area (Å²) >= 11 is 0. The van der Waals surface area contributed by atoms with E-state index < -0.39 is 0 Å². The number of nitrogens with zero attached hydrogens (tertiary/aromatic N) is 3. The molecule has 0 radical (unpaired) electrons. The number of nitrogens with one attached hydrogen (secondary N) is 2. The summed E-state index contributed by atoms with van der Waals surface area (Å²) < 4.78 is 18.9. The number of rotatable bonds is 18. The van der Waals surface area contributed by atoms with Crippen molar-refractivity contribution in [3.05, 3.63) is 124 Å². The monoisotopic (exact) mass is 751 g/mol. The molecule has 0 amide bonds. The Morgan fingerprint density at radius 2 is 1.69 bits per heavy atom. The number of hydrogen-bond donors (Lipinski definition) is 3. The first kappa shape index (κ1) is 48.3. The fraction of sp³-hybridized carbons (Fsp3) is 0.447. The van der Waals surface area contributed by atoms with Gasteiger partial charge < -0.3 is 21.1 Å². The smallest absolute Gasteiger partial charge is 0.123 e. The van der Waals surface area contributed by atoms with E-state index in [4.69, 9.17) is 21.9 Å². The summed E-state index contributed by atoms with van der Waals surface area (Å²) in [6.07, 6.45) is 19.1. The van der Waals surface area contributed by atoms with Crippen molar-refractivity contribution in [3.63, 3.8) is 0 Å². The first-order valence-electron chi connectivity index (χ1n) is 20.0. The van der Waals surface area contributed by atoms with Gasteiger partial charge >= 0.3 is 0 Å². The highest BCUT2D eigenvalue weighted by atomic mass is 19.1. The number of morpholine rings is 1. The Balaban J connectivity index is 0.00000236. The van der Waals surface area contributed by atoms with Crippen molar-refractivity contribution in [1.82, 2.24) is 15.5 Å². The fourth-order valence-corrected chi connectivity index (χ4v) is 5.60. The van der Waals surface area contributed by atoms with E-state index in [2.05, 4.69) is 71.7 Å². The van der Waals surface area contributed by atoms with E-state index >= 15 is 0 Å². The molecule has 55 heavy (non-hydrogen) atoms. The van der Waals surface area contributed by atoms with E-state index in [0.29, 0.717) is 18.7 Å². The molecule has 0 spiro atoms. The molecule has 2 aromatic carbocycles. The molecule has 1 aliphatic heterocycles. The molecule has 2 aromatic rings. The number of benzene rings is 2. The summed E-state index contributed by atoms with van der Waals surface area (Å²) in [5.74, 6) is 2.18. The van der Waals surface area contributed by atoms with Gasteiger partial charge in [0, 0.05) is 55.7 Å². The van der Waals surface area contributed by atoms with Gasteiger partial charge in [-0.15, -0.1) is 12.3 Å². The third-order valence-corrected chi connectivity index (χ3v) is 8.73. The lowest BCUT2D eigenvalue weighted by molar-refractivity contribution is 0.0376. The maximum Gasteiger partial charge on any atom is 0.123 e. The van der Waals surface area contributed by atoms with Crippen molar-refractivity contribution in [2.45, 2.75) is 100 Å².